The van der Waals surface area contributed by atoms with Gasteiger partial charge >= 0.3 is 0 Å². The van der Waals surface area contributed by atoms with E-state index in [0.29, 0.717) is 12.8 Å². The third-order valence-electron chi connectivity index (χ3n) is 6.29. The van der Waals surface area contributed by atoms with E-state index >= 15 is 0 Å². The molecule has 0 saturated carbocycles. The summed E-state index contributed by atoms with van der Waals surface area (Å²) in [7, 11) is 0. The molecule has 0 aromatic carbocycles. The Morgan fingerprint density at radius 1 is 0.387 bits per heavy atom. The van der Waals surface area contributed by atoms with Crippen LogP contribution in [0.15, 0.2) is 0 Å². The smallest absolute Gasteiger partial charge is 0.226 e. The Balaban J connectivity index is 3.31. The Morgan fingerprint density at radius 2 is 0.613 bits per heavy atom. The highest BCUT2D eigenvalue weighted by molar-refractivity contribution is 5.95. The van der Waals surface area contributed by atoms with Crippen LogP contribution in [0.3, 0.4) is 0 Å². The van der Waals surface area contributed by atoms with Crippen LogP contribution in [0.4, 0.5) is 0 Å². The number of hydrogen-bond donors (Lipinski definition) is 1. The minimum absolute atomic E-state index is 0.0796. The largest absolute Gasteiger partial charge is 0.296 e. The quantitative estimate of drug-likeness (QED) is 0.153. The Morgan fingerprint density at radius 3 is 0.871 bits per heavy atom. The fourth-order valence-electron chi connectivity index (χ4n) is 4.18. The second-order valence-corrected chi connectivity index (χ2v) is 9.54. The van der Waals surface area contributed by atoms with Crippen molar-refractivity contribution in [3.05, 3.63) is 0 Å². The lowest BCUT2D eigenvalue weighted by Crippen LogP contribution is -2.29. The van der Waals surface area contributed by atoms with Crippen molar-refractivity contribution < 1.29 is 9.59 Å². The number of unbranched alkanes of at least 4 members (excludes halogenated alkanes) is 20. The second-order valence-electron chi connectivity index (χ2n) is 9.54. The summed E-state index contributed by atoms with van der Waals surface area (Å²) in [6.45, 7) is 4.52. The van der Waals surface area contributed by atoms with Crippen molar-refractivity contribution in [1.29, 1.82) is 0 Å². The predicted molar refractivity (Wildman–Crippen MR) is 135 cm³/mol. The number of amides is 2. The van der Waals surface area contributed by atoms with Crippen molar-refractivity contribution in [2.45, 2.75) is 168 Å². The highest BCUT2D eigenvalue weighted by atomic mass is 16.2. The van der Waals surface area contributed by atoms with Gasteiger partial charge in [0.2, 0.25) is 11.8 Å². The van der Waals surface area contributed by atoms with Gasteiger partial charge in [-0.05, 0) is 12.8 Å². The van der Waals surface area contributed by atoms with E-state index in [2.05, 4.69) is 19.2 Å². The van der Waals surface area contributed by atoms with Crippen molar-refractivity contribution in [3.63, 3.8) is 0 Å². The normalized spacial score (nSPS) is 11.0. The first kappa shape index (κ1) is 30.1. The van der Waals surface area contributed by atoms with Crippen LogP contribution in [0.1, 0.15) is 168 Å². The standard InChI is InChI=1S/C28H55NO2/c1-3-5-7-9-11-13-15-17-19-21-23-25-27(30)29-28(31)26-24-22-20-18-16-14-12-10-8-6-4-2/h3-26H2,1-2H3,(H,29,30,31). The molecule has 31 heavy (non-hydrogen) atoms. The molecule has 0 aliphatic heterocycles. The number of imide groups is 1. The minimum atomic E-state index is -0.0796. The summed E-state index contributed by atoms with van der Waals surface area (Å²) in [6.07, 6.45) is 29.1. The maximum absolute atomic E-state index is 11.9. The van der Waals surface area contributed by atoms with Crippen LogP contribution in [0, 0.1) is 0 Å². The molecule has 0 radical (unpaired) electrons. The number of nitrogens with one attached hydrogen (secondary N) is 1. The predicted octanol–water partition coefficient (Wildman–Crippen LogP) is 9.03. The highest BCUT2D eigenvalue weighted by Gasteiger charge is 2.07. The topological polar surface area (TPSA) is 46.2 Å². The van der Waals surface area contributed by atoms with Crippen molar-refractivity contribution in [3.8, 4) is 0 Å². The zero-order valence-electron chi connectivity index (χ0n) is 21.3. The molecule has 0 saturated heterocycles. The van der Waals surface area contributed by atoms with Crippen molar-refractivity contribution in [2.24, 2.45) is 0 Å². The van der Waals surface area contributed by atoms with Crippen LogP contribution in [0.2, 0.25) is 0 Å². The molecule has 0 aliphatic carbocycles. The van der Waals surface area contributed by atoms with E-state index < -0.39 is 0 Å². The molecule has 0 heterocycles. The zero-order valence-corrected chi connectivity index (χ0v) is 21.3. The van der Waals surface area contributed by atoms with E-state index in [-0.39, 0.29) is 11.8 Å². The number of hydrogen-bond acceptors (Lipinski definition) is 2. The Kier molecular flexibility index (Phi) is 24.7. The van der Waals surface area contributed by atoms with Crippen LogP contribution in [-0.4, -0.2) is 11.8 Å². The first-order valence-corrected chi connectivity index (χ1v) is 14.0. The Bertz CT molecular complexity index is 358. The SMILES string of the molecule is CCCCCCCCCCCCCC(=O)NC(=O)CCCCCCCCCCCCC. The summed E-state index contributed by atoms with van der Waals surface area (Å²) in [6, 6.07) is 0. The molecule has 0 aromatic heterocycles. The highest BCUT2D eigenvalue weighted by Crippen LogP contribution is 2.13. The molecule has 0 aliphatic rings. The molecule has 0 fully saturated rings. The summed E-state index contributed by atoms with van der Waals surface area (Å²) in [5.41, 5.74) is 0. The number of carbonyl (C=O) groups excluding carboxylic acids is 2. The summed E-state index contributed by atoms with van der Waals surface area (Å²) in [5.74, 6) is -0.159. The molecular weight excluding hydrogens is 382 g/mol. The van der Waals surface area contributed by atoms with Crippen LogP contribution in [0.25, 0.3) is 0 Å². The van der Waals surface area contributed by atoms with Crippen molar-refractivity contribution >= 4 is 11.8 Å². The fraction of sp³-hybridized carbons (Fsp3) is 0.929. The van der Waals surface area contributed by atoms with Crippen LogP contribution in [-0.2, 0) is 9.59 Å². The molecule has 3 nitrogen and oxygen atoms in total. The van der Waals surface area contributed by atoms with E-state index in [9.17, 15) is 9.59 Å². The number of carbonyl (C=O) groups is 2. The van der Waals surface area contributed by atoms with Gasteiger partial charge in [-0.15, -0.1) is 0 Å². The van der Waals surface area contributed by atoms with Gasteiger partial charge in [-0.1, -0.05) is 142 Å². The van der Waals surface area contributed by atoms with Crippen molar-refractivity contribution in [1.82, 2.24) is 5.32 Å². The first-order valence-electron chi connectivity index (χ1n) is 14.0. The van der Waals surface area contributed by atoms with Gasteiger partial charge in [0, 0.05) is 12.8 Å². The summed E-state index contributed by atoms with van der Waals surface area (Å²) < 4.78 is 0. The molecule has 0 atom stereocenters. The summed E-state index contributed by atoms with van der Waals surface area (Å²) in [5, 5.41) is 2.57. The van der Waals surface area contributed by atoms with E-state index in [1.807, 2.05) is 0 Å². The summed E-state index contributed by atoms with van der Waals surface area (Å²) >= 11 is 0. The van der Waals surface area contributed by atoms with Crippen molar-refractivity contribution in [2.75, 3.05) is 0 Å². The van der Waals surface area contributed by atoms with Gasteiger partial charge in [0.1, 0.15) is 0 Å². The average molecular weight is 438 g/mol. The molecule has 3 heteroatoms. The van der Waals surface area contributed by atoms with Crippen LogP contribution in [0.5, 0.6) is 0 Å². The Hall–Kier alpha value is -0.860. The second kappa shape index (κ2) is 25.4. The maximum atomic E-state index is 11.9. The molecule has 0 unspecified atom stereocenters. The van der Waals surface area contributed by atoms with E-state index in [1.165, 1.54) is 116 Å². The van der Waals surface area contributed by atoms with Gasteiger partial charge in [0.25, 0.3) is 0 Å². The third-order valence-corrected chi connectivity index (χ3v) is 6.29. The lowest BCUT2D eigenvalue weighted by molar-refractivity contribution is -0.130. The Labute approximate surface area is 194 Å². The molecular formula is C28H55NO2. The van der Waals surface area contributed by atoms with E-state index in [1.54, 1.807) is 0 Å². The van der Waals surface area contributed by atoms with Gasteiger partial charge < -0.3 is 0 Å². The molecule has 0 rings (SSSR count). The van der Waals surface area contributed by atoms with Gasteiger partial charge in [-0.25, -0.2) is 0 Å². The molecule has 0 spiro atoms. The summed E-state index contributed by atoms with van der Waals surface area (Å²) in [4.78, 5) is 23.8. The fourth-order valence-corrected chi connectivity index (χ4v) is 4.18. The molecule has 184 valence electrons. The van der Waals surface area contributed by atoms with Gasteiger partial charge in [-0.2, -0.15) is 0 Å². The van der Waals surface area contributed by atoms with Crippen LogP contribution < -0.4 is 5.32 Å². The third kappa shape index (κ3) is 25.3. The molecule has 0 bridgehead atoms. The minimum Gasteiger partial charge on any atom is -0.296 e. The lowest BCUT2D eigenvalue weighted by Gasteiger charge is -2.05. The monoisotopic (exact) mass is 437 g/mol. The molecule has 2 amide bonds. The number of rotatable bonds is 24. The van der Waals surface area contributed by atoms with Gasteiger partial charge in [0.15, 0.2) is 0 Å². The lowest BCUT2D eigenvalue weighted by atomic mass is 10.0. The maximum Gasteiger partial charge on any atom is 0.226 e. The zero-order chi connectivity index (χ0) is 22.8. The van der Waals surface area contributed by atoms with Gasteiger partial charge in [0.05, 0.1) is 0 Å². The first-order chi connectivity index (χ1) is 15.2. The average Bonchev–Trinajstić information content (AvgIpc) is 2.75. The van der Waals surface area contributed by atoms with E-state index in [0.717, 1.165) is 25.7 Å². The van der Waals surface area contributed by atoms with Gasteiger partial charge in [-0.3, -0.25) is 14.9 Å². The molecule has 0 aromatic rings. The van der Waals surface area contributed by atoms with E-state index in [4.69, 9.17) is 0 Å². The molecule has 1 N–H and O–H groups in total. The van der Waals surface area contributed by atoms with Crippen LogP contribution >= 0.6 is 0 Å².